The first-order valence-corrected chi connectivity index (χ1v) is 6.89. The fourth-order valence-corrected chi connectivity index (χ4v) is 2.66. The summed E-state index contributed by atoms with van der Waals surface area (Å²) in [6.45, 7) is 1.10. The minimum absolute atomic E-state index is 0.0364. The zero-order valence-corrected chi connectivity index (χ0v) is 11.6. The van der Waals surface area contributed by atoms with Gasteiger partial charge in [0.2, 0.25) is 0 Å². The molecule has 0 radical (unpaired) electrons. The van der Waals surface area contributed by atoms with Crippen LogP contribution >= 0.6 is 15.9 Å². The van der Waals surface area contributed by atoms with E-state index in [0.717, 1.165) is 19.3 Å². The Balaban J connectivity index is 2.24. The van der Waals surface area contributed by atoms with E-state index in [1.165, 1.54) is 12.1 Å². The van der Waals surface area contributed by atoms with Crippen LogP contribution in [0.3, 0.4) is 0 Å². The van der Waals surface area contributed by atoms with Crippen molar-refractivity contribution in [3.05, 3.63) is 34.1 Å². The van der Waals surface area contributed by atoms with Crippen LogP contribution in [0.4, 0.5) is 4.39 Å². The largest absolute Gasteiger partial charge is 0.334 e. The Labute approximate surface area is 114 Å². The van der Waals surface area contributed by atoms with E-state index >= 15 is 0 Å². The van der Waals surface area contributed by atoms with Crippen LogP contribution in [0.15, 0.2) is 22.7 Å². The molecule has 1 heterocycles. The van der Waals surface area contributed by atoms with Gasteiger partial charge in [-0.05, 0) is 37.5 Å². The van der Waals surface area contributed by atoms with E-state index in [4.69, 9.17) is 5.73 Å². The van der Waals surface area contributed by atoms with Crippen LogP contribution in [0.5, 0.6) is 0 Å². The highest BCUT2D eigenvalue weighted by atomic mass is 79.9. The lowest BCUT2D eigenvalue weighted by Crippen LogP contribution is -2.47. The van der Waals surface area contributed by atoms with E-state index in [1.54, 1.807) is 11.0 Å². The van der Waals surface area contributed by atoms with Gasteiger partial charge in [0.25, 0.3) is 5.91 Å². The molecule has 5 heteroatoms. The third kappa shape index (κ3) is 2.72. The van der Waals surface area contributed by atoms with Crippen molar-refractivity contribution >= 4 is 21.8 Å². The quantitative estimate of drug-likeness (QED) is 0.912. The number of hydrogen-bond acceptors (Lipinski definition) is 2. The monoisotopic (exact) mass is 314 g/mol. The van der Waals surface area contributed by atoms with Crippen LogP contribution in [0, 0.1) is 5.82 Å². The van der Waals surface area contributed by atoms with Crippen molar-refractivity contribution in [3.63, 3.8) is 0 Å². The first kappa shape index (κ1) is 13.5. The SMILES string of the molecule is NCC1CCCCN1C(=O)c1ccc(Br)cc1F. The highest BCUT2D eigenvalue weighted by Gasteiger charge is 2.27. The molecule has 0 aliphatic carbocycles. The van der Waals surface area contributed by atoms with Gasteiger partial charge in [0.05, 0.1) is 5.56 Å². The Morgan fingerprint density at radius 2 is 2.28 bits per heavy atom. The number of piperidine rings is 1. The molecule has 1 aromatic carbocycles. The van der Waals surface area contributed by atoms with Crippen molar-refractivity contribution in [1.82, 2.24) is 4.90 Å². The van der Waals surface area contributed by atoms with Crippen LogP contribution in [0.2, 0.25) is 0 Å². The standard InChI is InChI=1S/C13H16BrFN2O/c14-9-4-5-11(12(15)7-9)13(18)17-6-2-1-3-10(17)8-16/h4-5,7,10H,1-3,6,8,16H2. The molecule has 2 rings (SSSR count). The molecule has 98 valence electrons. The molecule has 0 bridgehead atoms. The number of carbonyl (C=O) groups is 1. The first-order chi connectivity index (χ1) is 8.63. The summed E-state index contributed by atoms with van der Waals surface area (Å²) in [4.78, 5) is 14.0. The molecule has 3 nitrogen and oxygen atoms in total. The maximum Gasteiger partial charge on any atom is 0.257 e. The zero-order valence-electron chi connectivity index (χ0n) is 10.0. The van der Waals surface area contributed by atoms with Gasteiger partial charge in [-0.3, -0.25) is 4.79 Å². The number of nitrogens with zero attached hydrogens (tertiary/aromatic N) is 1. The summed E-state index contributed by atoms with van der Waals surface area (Å²) in [5.74, 6) is -0.745. The number of benzene rings is 1. The molecule has 1 aliphatic rings. The maximum absolute atomic E-state index is 13.8. The molecule has 1 unspecified atom stereocenters. The first-order valence-electron chi connectivity index (χ1n) is 6.09. The fourth-order valence-electron chi connectivity index (χ4n) is 2.33. The predicted octanol–water partition coefficient (Wildman–Crippen LogP) is 2.54. The van der Waals surface area contributed by atoms with Crippen molar-refractivity contribution in [2.24, 2.45) is 5.73 Å². The maximum atomic E-state index is 13.8. The summed E-state index contributed by atoms with van der Waals surface area (Å²) < 4.78 is 14.4. The molecule has 1 amide bonds. The minimum Gasteiger partial charge on any atom is -0.334 e. The number of amides is 1. The summed E-state index contributed by atoms with van der Waals surface area (Å²) in [7, 11) is 0. The summed E-state index contributed by atoms with van der Waals surface area (Å²) in [6, 6.07) is 4.55. The number of halogens is 2. The molecule has 2 N–H and O–H groups in total. The van der Waals surface area contributed by atoms with Gasteiger partial charge in [-0.25, -0.2) is 4.39 Å². The van der Waals surface area contributed by atoms with Gasteiger partial charge >= 0.3 is 0 Å². The summed E-state index contributed by atoms with van der Waals surface area (Å²) >= 11 is 3.18. The molecule has 1 aliphatic heterocycles. The second-order valence-corrected chi connectivity index (χ2v) is 5.42. The van der Waals surface area contributed by atoms with E-state index < -0.39 is 5.82 Å². The average Bonchev–Trinajstić information content (AvgIpc) is 2.38. The Morgan fingerprint density at radius 3 is 2.94 bits per heavy atom. The van der Waals surface area contributed by atoms with Gasteiger partial charge in [-0.2, -0.15) is 0 Å². The van der Waals surface area contributed by atoms with Crippen molar-refractivity contribution in [2.45, 2.75) is 25.3 Å². The Morgan fingerprint density at radius 1 is 1.50 bits per heavy atom. The van der Waals surface area contributed by atoms with Crippen molar-refractivity contribution in [3.8, 4) is 0 Å². The van der Waals surface area contributed by atoms with E-state index in [1.807, 2.05) is 0 Å². The number of rotatable bonds is 2. The Bertz CT molecular complexity index is 453. The lowest BCUT2D eigenvalue weighted by Gasteiger charge is -2.35. The Hall–Kier alpha value is -0.940. The smallest absolute Gasteiger partial charge is 0.257 e. The molecule has 1 fully saturated rings. The van der Waals surface area contributed by atoms with Gasteiger partial charge < -0.3 is 10.6 Å². The average molecular weight is 315 g/mol. The normalized spacial score (nSPS) is 19.9. The van der Waals surface area contributed by atoms with Crippen molar-refractivity contribution < 1.29 is 9.18 Å². The summed E-state index contributed by atoms with van der Waals surface area (Å²) in [6.07, 6.45) is 2.94. The number of nitrogens with two attached hydrogens (primary N) is 1. The van der Waals surface area contributed by atoms with Crippen LogP contribution in [-0.4, -0.2) is 29.9 Å². The molecule has 0 spiro atoms. The molecule has 1 atom stereocenters. The van der Waals surface area contributed by atoms with Gasteiger partial charge in [-0.15, -0.1) is 0 Å². The predicted molar refractivity (Wildman–Crippen MR) is 71.8 cm³/mol. The van der Waals surface area contributed by atoms with Crippen molar-refractivity contribution in [1.29, 1.82) is 0 Å². The van der Waals surface area contributed by atoms with E-state index in [0.29, 0.717) is 17.6 Å². The molecule has 18 heavy (non-hydrogen) atoms. The third-order valence-electron chi connectivity index (χ3n) is 3.32. The van der Waals surface area contributed by atoms with E-state index in [2.05, 4.69) is 15.9 Å². The van der Waals surface area contributed by atoms with Crippen LogP contribution < -0.4 is 5.73 Å². The zero-order chi connectivity index (χ0) is 13.1. The van der Waals surface area contributed by atoms with E-state index in [9.17, 15) is 9.18 Å². The second-order valence-electron chi connectivity index (χ2n) is 4.51. The second kappa shape index (κ2) is 5.80. The number of likely N-dealkylation sites (tertiary alicyclic amines) is 1. The van der Waals surface area contributed by atoms with Gasteiger partial charge in [0, 0.05) is 23.6 Å². The molecule has 0 aromatic heterocycles. The third-order valence-corrected chi connectivity index (χ3v) is 3.81. The lowest BCUT2D eigenvalue weighted by molar-refractivity contribution is 0.0618. The minimum atomic E-state index is -0.490. The molecule has 0 saturated carbocycles. The Kier molecular flexibility index (Phi) is 4.35. The van der Waals surface area contributed by atoms with Crippen molar-refractivity contribution in [2.75, 3.05) is 13.1 Å². The topological polar surface area (TPSA) is 46.3 Å². The van der Waals surface area contributed by atoms with Gasteiger partial charge in [0.1, 0.15) is 5.82 Å². The molecular weight excluding hydrogens is 299 g/mol. The molecule has 1 aromatic rings. The van der Waals surface area contributed by atoms with Crippen LogP contribution in [0.1, 0.15) is 29.6 Å². The summed E-state index contributed by atoms with van der Waals surface area (Å²) in [5.41, 5.74) is 5.80. The number of carbonyl (C=O) groups excluding carboxylic acids is 1. The fraction of sp³-hybridized carbons (Fsp3) is 0.462. The molecule has 1 saturated heterocycles. The number of hydrogen-bond donors (Lipinski definition) is 1. The van der Waals surface area contributed by atoms with Gasteiger partial charge in [-0.1, -0.05) is 15.9 Å². The van der Waals surface area contributed by atoms with Crippen LogP contribution in [-0.2, 0) is 0 Å². The van der Waals surface area contributed by atoms with E-state index in [-0.39, 0.29) is 17.5 Å². The van der Waals surface area contributed by atoms with Crippen LogP contribution in [0.25, 0.3) is 0 Å². The highest BCUT2D eigenvalue weighted by molar-refractivity contribution is 9.10. The lowest BCUT2D eigenvalue weighted by atomic mass is 10.0. The van der Waals surface area contributed by atoms with Gasteiger partial charge in [0.15, 0.2) is 0 Å². The highest BCUT2D eigenvalue weighted by Crippen LogP contribution is 2.22. The molecular formula is C13H16BrFN2O. The summed E-state index contributed by atoms with van der Waals surface area (Å²) in [5, 5.41) is 0.